The zero-order valence-electron chi connectivity index (χ0n) is 10.5. The Morgan fingerprint density at radius 2 is 2.06 bits per heavy atom. The molecule has 1 aliphatic rings. The van der Waals surface area contributed by atoms with E-state index in [1.54, 1.807) is 6.92 Å². The molecular weight excluding hydrogens is 228 g/mol. The minimum Gasteiger partial charge on any atom is -0.453 e. The Morgan fingerprint density at radius 1 is 1.39 bits per heavy atom. The minimum absolute atomic E-state index is 0.0329. The molecule has 18 heavy (non-hydrogen) atoms. The summed E-state index contributed by atoms with van der Waals surface area (Å²) >= 11 is 0. The first kappa shape index (κ1) is 12.8. The number of hydrogen-bond donors (Lipinski definition) is 1. The van der Waals surface area contributed by atoms with Gasteiger partial charge in [-0.3, -0.25) is 0 Å². The molecule has 1 aromatic carbocycles. The van der Waals surface area contributed by atoms with Crippen LogP contribution in [0.3, 0.4) is 0 Å². The first-order valence-corrected chi connectivity index (χ1v) is 6.22. The van der Waals surface area contributed by atoms with Gasteiger partial charge < -0.3 is 9.84 Å². The van der Waals surface area contributed by atoms with E-state index in [-0.39, 0.29) is 24.1 Å². The average molecular weight is 246 g/mol. The molecule has 0 saturated carbocycles. The standard InChI is InChI=1S/C15H18O3/c1-10(16)8-9-13-11(2)15(17)18-14(13)12-6-4-3-5-7-12/h3-7,10,13-14,16H,2,8-9H2,1H3/t10-,13+,14-/m1/s1. The summed E-state index contributed by atoms with van der Waals surface area (Å²) < 4.78 is 5.38. The summed E-state index contributed by atoms with van der Waals surface area (Å²) in [6.45, 7) is 5.56. The van der Waals surface area contributed by atoms with E-state index in [0.717, 1.165) is 5.56 Å². The maximum atomic E-state index is 11.6. The Bertz CT molecular complexity index is 436. The molecule has 3 nitrogen and oxygen atoms in total. The zero-order chi connectivity index (χ0) is 13.1. The lowest BCUT2D eigenvalue weighted by molar-refractivity contribution is -0.139. The van der Waals surface area contributed by atoms with Gasteiger partial charge in [0.25, 0.3) is 0 Å². The Kier molecular flexibility index (Phi) is 3.82. The molecule has 96 valence electrons. The number of hydrogen-bond acceptors (Lipinski definition) is 3. The maximum Gasteiger partial charge on any atom is 0.334 e. The highest BCUT2D eigenvalue weighted by Crippen LogP contribution is 2.40. The molecule has 0 aromatic heterocycles. The summed E-state index contributed by atoms with van der Waals surface area (Å²) in [5.74, 6) is -0.353. The first-order valence-electron chi connectivity index (χ1n) is 6.22. The number of carbonyl (C=O) groups is 1. The van der Waals surface area contributed by atoms with Gasteiger partial charge in [0.1, 0.15) is 6.10 Å². The number of carbonyl (C=O) groups excluding carboxylic acids is 1. The van der Waals surface area contributed by atoms with Crippen molar-refractivity contribution in [1.82, 2.24) is 0 Å². The van der Waals surface area contributed by atoms with Crippen LogP contribution < -0.4 is 0 Å². The summed E-state index contributed by atoms with van der Waals surface area (Å²) in [6, 6.07) is 9.68. The molecule has 1 aliphatic heterocycles. The third kappa shape index (κ3) is 2.62. The van der Waals surface area contributed by atoms with Gasteiger partial charge in [-0.15, -0.1) is 0 Å². The van der Waals surface area contributed by atoms with Crippen LogP contribution >= 0.6 is 0 Å². The number of aliphatic hydroxyl groups is 1. The molecule has 3 atom stereocenters. The predicted octanol–water partition coefficient (Wildman–Crippen LogP) is 2.62. The van der Waals surface area contributed by atoms with E-state index in [0.29, 0.717) is 18.4 Å². The van der Waals surface area contributed by atoms with E-state index in [1.807, 2.05) is 30.3 Å². The minimum atomic E-state index is -0.370. The van der Waals surface area contributed by atoms with Gasteiger partial charge in [-0.1, -0.05) is 36.9 Å². The van der Waals surface area contributed by atoms with Gasteiger partial charge in [-0.2, -0.15) is 0 Å². The third-order valence-electron chi connectivity index (χ3n) is 3.33. The fraction of sp³-hybridized carbons (Fsp3) is 0.400. The number of benzene rings is 1. The fourth-order valence-electron chi connectivity index (χ4n) is 2.30. The van der Waals surface area contributed by atoms with Crippen LogP contribution in [0.1, 0.15) is 31.4 Å². The molecule has 2 rings (SSSR count). The topological polar surface area (TPSA) is 46.5 Å². The van der Waals surface area contributed by atoms with Crippen molar-refractivity contribution in [3.63, 3.8) is 0 Å². The Hall–Kier alpha value is -1.61. The van der Waals surface area contributed by atoms with Gasteiger partial charge in [0.15, 0.2) is 0 Å². The van der Waals surface area contributed by atoms with Crippen LogP contribution in [-0.2, 0) is 9.53 Å². The molecular formula is C15H18O3. The first-order chi connectivity index (χ1) is 8.59. The van der Waals surface area contributed by atoms with Crippen molar-refractivity contribution >= 4 is 5.97 Å². The van der Waals surface area contributed by atoms with E-state index < -0.39 is 0 Å². The van der Waals surface area contributed by atoms with Gasteiger partial charge in [0.05, 0.1) is 6.10 Å². The van der Waals surface area contributed by atoms with Crippen LogP contribution in [0.25, 0.3) is 0 Å². The molecule has 0 radical (unpaired) electrons. The number of esters is 1. The highest BCUT2D eigenvalue weighted by molar-refractivity contribution is 5.90. The SMILES string of the molecule is C=C1C(=O)O[C@H](c2ccccc2)[C@H]1CC[C@@H](C)O. The van der Waals surface area contributed by atoms with Crippen LogP contribution in [0.5, 0.6) is 0 Å². The normalized spacial score (nSPS) is 25.0. The Balaban J connectivity index is 2.17. The monoisotopic (exact) mass is 246 g/mol. The van der Waals surface area contributed by atoms with Crippen molar-refractivity contribution < 1.29 is 14.6 Å². The molecule has 1 aromatic rings. The van der Waals surface area contributed by atoms with Gasteiger partial charge >= 0.3 is 5.97 Å². The lowest BCUT2D eigenvalue weighted by Crippen LogP contribution is -2.11. The summed E-state index contributed by atoms with van der Waals surface area (Å²) in [7, 11) is 0. The van der Waals surface area contributed by atoms with Gasteiger partial charge in [0, 0.05) is 11.5 Å². The van der Waals surface area contributed by atoms with Gasteiger partial charge in [0.2, 0.25) is 0 Å². The summed E-state index contributed by atoms with van der Waals surface area (Å²) in [6.07, 6.45) is 0.723. The van der Waals surface area contributed by atoms with Crippen molar-refractivity contribution in [3.8, 4) is 0 Å². The molecule has 1 fully saturated rings. The van der Waals surface area contributed by atoms with Crippen LogP contribution in [-0.4, -0.2) is 17.2 Å². The summed E-state index contributed by atoms with van der Waals surface area (Å²) in [5.41, 5.74) is 1.50. The number of rotatable bonds is 4. The van der Waals surface area contributed by atoms with Crippen LogP contribution in [0, 0.1) is 5.92 Å². The summed E-state index contributed by atoms with van der Waals surface area (Å²) in [4.78, 5) is 11.6. The van der Waals surface area contributed by atoms with Crippen molar-refractivity contribution in [2.75, 3.05) is 0 Å². The van der Waals surface area contributed by atoms with E-state index in [4.69, 9.17) is 4.74 Å². The predicted molar refractivity (Wildman–Crippen MR) is 68.8 cm³/mol. The quantitative estimate of drug-likeness (QED) is 0.656. The van der Waals surface area contributed by atoms with E-state index >= 15 is 0 Å². The highest BCUT2D eigenvalue weighted by atomic mass is 16.6. The van der Waals surface area contributed by atoms with Crippen molar-refractivity contribution in [1.29, 1.82) is 0 Å². The largest absolute Gasteiger partial charge is 0.453 e. The number of aliphatic hydroxyl groups excluding tert-OH is 1. The lowest BCUT2D eigenvalue weighted by Gasteiger charge is -2.18. The molecule has 1 heterocycles. The molecule has 1 N–H and O–H groups in total. The van der Waals surface area contributed by atoms with Gasteiger partial charge in [-0.25, -0.2) is 4.79 Å². The number of ether oxygens (including phenoxy) is 1. The smallest absolute Gasteiger partial charge is 0.334 e. The summed E-state index contributed by atoms with van der Waals surface area (Å²) in [5, 5.41) is 9.37. The molecule has 1 saturated heterocycles. The van der Waals surface area contributed by atoms with Gasteiger partial charge in [-0.05, 0) is 25.3 Å². The second kappa shape index (κ2) is 5.36. The average Bonchev–Trinajstić information content (AvgIpc) is 2.64. The van der Waals surface area contributed by atoms with Crippen LogP contribution in [0.15, 0.2) is 42.5 Å². The third-order valence-corrected chi connectivity index (χ3v) is 3.33. The Morgan fingerprint density at radius 3 is 2.67 bits per heavy atom. The van der Waals surface area contributed by atoms with E-state index in [1.165, 1.54) is 0 Å². The highest BCUT2D eigenvalue weighted by Gasteiger charge is 2.39. The van der Waals surface area contributed by atoms with Crippen LogP contribution in [0.2, 0.25) is 0 Å². The lowest BCUT2D eigenvalue weighted by atomic mass is 9.88. The molecule has 0 unspecified atom stereocenters. The molecule has 0 bridgehead atoms. The zero-order valence-corrected chi connectivity index (χ0v) is 10.5. The second-order valence-corrected chi connectivity index (χ2v) is 4.79. The van der Waals surface area contributed by atoms with Crippen molar-refractivity contribution in [2.24, 2.45) is 5.92 Å². The fourth-order valence-corrected chi connectivity index (χ4v) is 2.30. The van der Waals surface area contributed by atoms with Crippen molar-refractivity contribution in [2.45, 2.75) is 32.0 Å². The molecule has 0 spiro atoms. The van der Waals surface area contributed by atoms with Crippen LogP contribution in [0.4, 0.5) is 0 Å². The van der Waals surface area contributed by atoms with E-state index in [2.05, 4.69) is 6.58 Å². The molecule has 0 amide bonds. The number of cyclic esters (lactones) is 1. The van der Waals surface area contributed by atoms with E-state index in [9.17, 15) is 9.90 Å². The Labute approximate surface area is 107 Å². The second-order valence-electron chi connectivity index (χ2n) is 4.79. The maximum absolute atomic E-state index is 11.6. The van der Waals surface area contributed by atoms with Crippen molar-refractivity contribution in [3.05, 3.63) is 48.0 Å². The molecule has 3 heteroatoms. The molecule has 0 aliphatic carbocycles.